The largest absolute Gasteiger partial charge is 0.507 e. The van der Waals surface area contributed by atoms with Crippen molar-refractivity contribution in [1.82, 2.24) is 4.98 Å². The molecule has 0 atom stereocenters. The second-order valence-corrected chi connectivity index (χ2v) is 4.66. The van der Waals surface area contributed by atoms with E-state index in [9.17, 15) is 18.3 Å². The molecule has 1 N–H and O–H groups in total. The molecule has 1 heterocycles. The smallest absolute Gasteiger partial charge is 0.443 e. The number of alkyl halides is 3. The maximum atomic E-state index is 12.4. The Hall–Kier alpha value is -1.27. The molecule has 17 heavy (non-hydrogen) atoms. The van der Waals surface area contributed by atoms with E-state index in [2.05, 4.69) is 4.98 Å². The van der Waals surface area contributed by atoms with Gasteiger partial charge in [-0.05, 0) is 18.2 Å². The van der Waals surface area contributed by atoms with Gasteiger partial charge in [0, 0.05) is 16.8 Å². The highest BCUT2D eigenvalue weighted by molar-refractivity contribution is 7.15. The molecule has 1 aromatic carbocycles. The number of thiazole rings is 1. The summed E-state index contributed by atoms with van der Waals surface area (Å²) in [6.45, 7) is 0. The van der Waals surface area contributed by atoms with Gasteiger partial charge in [0.15, 0.2) is 5.01 Å². The first kappa shape index (κ1) is 12.2. The summed E-state index contributed by atoms with van der Waals surface area (Å²) < 4.78 is 37.1. The third kappa shape index (κ3) is 2.53. The first-order chi connectivity index (χ1) is 7.88. The van der Waals surface area contributed by atoms with Gasteiger partial charge in [-0.25, -0.2) is 4.98 Å². The monoisotopic (exact) mass is 279 g/mol. The number of phenols is 1. The molecule has 0 unspecified atom stereocenters. The van der Waals surface area contributed by atoms with Crippen LogP contribution in [-0.2, 0) is 6.18 Å². The fourth-order valence-corrected chi connectivity index (χ4v) is 2.22. The average molecular weight is 280 g/mol. The molecule has 0 saturated heterocycles. The summed E-state index contributed by atoms with van der Waals surface area (Å²) in [4.78, 5) is 3.49. The zero-order valence-electron chi connectivity index (χ0n) is 8.12. The standard InChI is InChI=1S/C10H5ClF3NOS/c11-5-1-2-7(16)6(3-5)8-4-15-9(17-8)10(12,13)14/h1-4,16H. The molecular formula is C10H5ClF3NOS. The first-order valence-electron chi connectivity index (χ1n) is 4.40. The predicted octanol–water partition coefficient (Wildman–Crippen LogP) is 4.19. The molecular weight excluding hydrogens is 275 g/mol. The molecule has 0 spiro atoms. The molecule has 0 amide bonds. The molecule has 2 nitrogen and oxygen atoms in total. The van der Waals surface area contributed by atoms with Crippen molar-refractivity contribution in [2.75, 3.05) is 0 Å². The molecule has 2 rings (SSSR count). The number of aromatic hydroxyl groups is 1. The molecule has 0 radical (unpaired) electrons. The molecule has 2 aromatic rings. The van der Waals surface area contributed by atoms with Crippen molar-refractivity contribution in [3.8, 4) is 16.2 Å². The number of hydrogen-bond donors (Lipinski definition) is 1. The molecule has 0 aliphatic carbocycles. The van der Waals surface area contributed by atoms with Crippen LogP contribution in [0.2, 0.25) is 5.02 Å². The Morgan fingerprint density at radius 1 is 1.29 bits per heavy atom. The minimum atomic E-state index is -4.48. The van der Waals surface area contributed by atoms with Gasteiger partial charge in [0.1, 0.15) is 5.75 Å². The average Bonchev–Trinajstić information content (AvgIpc) is 2.70. The lowest BCUT2D eigenvalue weighted by atomic mass is 10.2. The van der Waals surface area contributed by atoms with Crippen LogP contribution in [0.25, 0.3) is 10.4 Å². The van der Waals surface area contributed by atoms with Gasteiger partial charge in [-0.3, -0.25) is 0 Å². The molecule has 0 aliphatic rings. The topological polar surface area (TPSA) is 33.1 Å². The van der Waals surface area contributed by atoms with Crippen molar-refractivity contribution in [3.05, 3.63) is 34.4 Å². The summed E-state index contributed by atoms with van der Waals surface area (Å²) in [7, 11) is 0. The quantitative estimate of drug-likeness (QED) is 0.849. The van der Waals surface area contributed by atoms with E-state index in [0.29, 0.717) is 16.4 Å². The van der Waals surface area contributed by atoms with Crippen molar-refractivity contribution in [2.24, 2.45) is 0 Å². The van der Waals surface area contributed by atoms with E-state index < -0.39 is 11.2 Å². The number of benzene rings is 1. The number of aromatic nitrogens is 1. The van der Waals surface area contributed by atoms with Crippen LogP contribution in [0.5, 0.6) is 5.75 Å². The third-order valence-electron chi connectivity index (χ3n) is 1.97. The van der Waals surface area contributed by atoms with Crippen LogP contribution < -0.4 is 0 Å². The van der Waals surface area contributed by atoms with E-state index in [0.717, 1.165) is 6.20 Å². The van der Waals surface area contributed by atoms with Gasteiger partial charge in [-0.1, -0.05) is 11.6 Å². The summed E-state index contributed by atoms with van der Waals surface area (Å²) in [5.41, 5.74) is 0.241. The van der Waals surface area contributed by atoms with Crippen molar-refractivity contribution >= 4 is 22.9 Å². The maximum Gasteiger partial charge on any atom is 0.443 e. The van der Waals surface area contributed by atoms with Gasteiger partial charge in [-0.15, -0.1) is 11.3 Å². The van der Waals surface area contributed by atoms with Crippen LogP contribution in [0.15, 0.2) is 24.4 Å². The molecule has 7 heteroatoms. The summed E-state index contributed by atoms with van der Waals surface area (Å²) in [5.74, 6) is -0.133. The van der Waals surface area contributed by atoms with Crippen LogP contribution in [0.3, 0.4) is 0 Å². The number of nitrogens with zero attached hydrogens (tertiary/aromatic N) is 1. The number of phenolic OH excluding ortho intramolecular Hbond substituents is 1. The van der Waals surface area contributed by atoms with E-state index in [1.165, 1.54) is 18.2 Å². The number of halogens is 4. The second kappa shape index (κ2) is 4.19. The highest BCUT2D eigenvalue weighted by atomic mass is 35.5. The van der Waals surface area contributed by atoms with Crippen molar-refractivity contribution < 1.29 is 18.3 Å². The number of hydrogen-bond acceptors (Lipinski definition) is 3. The number of rotatable bonds is 1. The van der Waals surface area contributed by atoms with E-state index in [4.69, 9.17) is 11.6 Å². The Bertz CT molecular complexity index is 553. The minimum absolute atomic E-state index is 0.133. The van der Waals surface area contributed by atoms with Crippen LogP contribution in [0, 0.1) is 0 Å². The van der Waals surface area contributed by atoms with Crippen molar-refractivity contribution in [1.29, 1.82) is 0 Å². The fourth-order valence-electron chi connectivity index (χ4n) is 1.24. The van der Waals surface area contributed by atoms with E-state index in [1.54, 1.807) is 0 Å². The van der Waals surface area contributed by atoms with Crippen LogP contribution in [0.4, 0.5) is 13.2 Å². The van der Waals surface area contributed by atoms with Gasteiger partial charge >= 0.3 is 6.18 Å². The molecule has 90 valence electrons. The van der Waals surface area contributed by atoms with Crippen LogP contribution in [-0.4, -0.2) is 10.1 Å². The fraction of sp³-hybridized carbons (Fsp3) is 0.100. The van der Waals surface area contributed by atoms with Crippen LogP contribution in [0.1, 0.15) is 5.01 Å². The zero-order chi connectivity index (χ0) is 12.6. The molecule has 0 bridgehead atoms. The molecule has 0 saturated carbocycles. The minimum Gasteiger partial charge on any atom is -0.507 e. The summed E-state index contributed by atoms with van der Waals surface area (Å²) in [6.07, 6.45) is -3.41. The first-order valence-corrected chi connectivity index (χ1v) is 5.59. The lowest BCUT2D eigenvalue weighted by Crippen LogP contribution is -2.02. The van der Waals surface area contributed by atoms with Gasteiger partial charge in [0.2, 0.25) is 0 Å². The maximum absolute atomic E-state index is 12.4. The normalized spacial score (nSPS) is 11.8. The summed E-state index contributed by atoms with van der Waals surface area (Å²) in [6, 6.07) is 4.17. The highest BCUT2D eigenvalue weighted by Gasteiger charge is 2.34. The lowest BCUT2D eigenvalue weighted by molar-refractivity contribution is -0.137. The lowest BCUT2D eigenvalue weighted by Gasteiger charge is -2.02. The Labute approximate surface area is 103 Å². The van der Waals surface area contributed by atoms with Gasteiger partial charge < -0.3 is 5.11 Å². The van der Waals surface area contributed by atoms with Crippen LogP contribution >= 0.6 is 22.9 Å². The van der Waals surface area contributed by atoms with Crippen molar-refractivity contribution in [3.63, 3.8) is 0 Å². The van der Waals surface area contributed by atoms with Crippen molar-refractivity contribution in [2.45, 2.75) is 6.18 Å². The van der Waals surface area contributed by atoms with E-state index in [-0.39, 0.29) is 16.2 Å². The Morgan fingerprint density at radius 2 is 2.00 bits per heavy atom. The summed E-state index contributed by atoms with van der Waals surface area (Å²) in [5, 5.41) is 8.92. The van der Waals surface area contributed by atoms with Gasteiger partial charge in [0.05, 0.1) is 4.88 Å². The third-order valence-corrected chi connectivity index (χ3v) is 3.28. The van der Waals surface area contributed by atoms with E-state index in [1.807, 2.05) is 0 Å². The molecule has 1 aromatic heterocycles. The highest BCUT2D eigenvalue weighted by Crippen LogP contribution is 2.39. The SMILES string of the molecule is Oc1ccc(Cl)cc1-c1cnc(C(F)(F)F)s1. The molecule has 0 fully saturated rings. The Morgan fingerprint density at radius 3 is 2.59 bits per heavy atom. The van der Waals surface area contributed by atoms with Gasteiger partial charge in [0.25, 0.3) is 0 Å². The zero-order valence-corrected chi connectivity index (χ0v) is 9.70. The van der Waals surface area contributed by atoms with Gasteiger partial charge in [-0.2, -0.15) is 13.2 Å². The predicted molar refractivity (Wildman–Crippen MR) is 59.2 cm³/mol. The Balaban J connectivity index is 2.47. The molecule has 0 aliphatic heterocycles. The second-order valence-electron chi connectivity index (χ2n) is 3.19. The Kier molecular flexibility index (Phi) is 3.01. The summed E-state index contributed by atoms with van der Waals surface area (Å²) >= 11 is 6.18. The van der Waals surface area contributed by atoms with E-state index >= 15 is 0 Å².